The van der Waals surface area contributed by atoms with Gasteiger partial charge in [-0.25, -0.2) is 14.2 Å². The highest BCUT2D eigenvalue weighted by Crippen LogP contribution is 2.26. The third-order valence-corrected chi connectivity index (χ3v) is 6.35. The SMILES string of the molecule is Cc1nc(NC(=O)Nc2cccc(Cl)c2)sc1C(=O)N1CCN(c2ccc(F)cc2)CC1. The lowest BCUT2D eigenvalue weighted by atomic mass is 10.2. The minimum absolute atomic E-state index is 0.109. The number of hydrogen-bond donors (Lipinski definition) is 2. The molecular formula is C22H21ClFN5O2S. The number of nitrogens with zero attached hydrogens (tertiary/aromatic N) is 3. The molecule has 0 atom stereocenters. The molecule has 0 aliphatic carbocycles. The van der Waals surface area contributed by atoms with Gasteiger partial charge >= 0.3 is 6.03 Å². The number of urea groups is 1. The van der Waals surface area contributed by atoms with Gasteiger partial charge in [-0.15, -0.1) is 0 Å². The van der Waals surface area contributed by atoms with Crippen molar-refractivity contribution in [2.75, 3.05) is 41.7 Å². The Morgan fingerprint density at radius 2 is 1.78 bits per heavy atom. The van der Waals surface area contributed by atoms with E-state index in [1.54, 1.807) is 48.2 Å². The molecule has 10 heteroatoms. The van der Waals surface area contributed by atoms with Gasteiger partial charge in [0.25, 0.3) is 5.91 Å². The molecule has 0 radical (unpaired) electrons. The molecule has 1 fully saturated rings. The number of nitrogens with one attached hydrogen (secondary N) is 2. The van der Waals surface area contributed by atoms with Crippen LogP contribution in [0, 0.1) is 12.7 Å². The summed E-state index contributed by atoms with van der Waals surface area (Å²) >= 11 is 7.08. The Morgan fingerprint density at radius 3 is 2.47 bits per heavy atom. The summed E-state index contributed by atoms with van der Waals surface area (Å²) in [5.41, 5.74) is 2.06. The fourth-order valence-electron chi connectivity index (χ4n) is 3.44. The predicted octanol–water partition coefficient (Wildman–Crippen LogP) is 4.85. The molecule has 2 aromatic carbocycles. The average molecular weight is 474 g/mol. The van der Waals surface area contributed by atoms with E-state index in [9.17, 15) is 14.0 Å². The number of halogens is 2. The van der Waals surface area contributed by atoms with Crippen LogP contribution in [0.1, 0.15) is 15.4 Å². The van der Waals surface area contributed by atoms with Crippen molar-refractivity contribution in [1.82, 2.24) is 9.88 Å². The van der Waals surface area contributed by atoms with Gasteiger partial charge in [0.05, 0.1) is 5.69 Å². The summed E-state index contributed by atoms with van der Waals surface area (Å²) in [6.45, 7) is 4.15. The number of aromatic nitrogens is 1. The van der Waals surface area contributed by atoms with Crippen molar-refractivity contribution >= 4 is 51.4 Å². The van der Waals surface area contributed by atoms with Crippen LogP contribution in [0.4, 0.5) is 25.7 Å². The van der Waals surface area contributed by atoms with Crippen molar-refractivity contribution in [3.63, 3.8) is 0 Å². The molecule has 2 N–H and O–H groups in total. The first-order chi connectivity index (χ1) is 15.4. The van der Waals surface area contributed by atoms with Gasteiger partial charge in [-0.05, 0) is 49.4 Å². The van der Waals surface area contributed by atoms with Crippen LogP contribution in [0.3, 0.4) is 0 Å². The summed E-state index contributed by atoms with van der Waals surface area (Å²) in [7, 11) is 0. The van der Waals surface area contributed by atoms with Gasteiger partial charge in [-0.2, -0.15) is 0 Å². The van der Waals surface area contributed by atoms with Gasteiger partial charge in [-0.1, -0.05) is 29.0 Å². The Bertz CT molecular complexity index is 1130. The maximum Gasteiger partial charge on any atom is 0.325 e. The number of hydrogen-bond acceptors (Lipinski definition) is 5. The van der Waals surface area contributed by atoms with Crippen molar-refractivity contribution in [3.05, 3.63) is 69.9 Å². The maximum atomic E-state index is 13.1. The maximum absolute atomic E-state index is 13.1. The van der Waals surface area contributed by atoms with Crippen molar-refractivity contribution in [3.8, 4) is 0 Å². The lowest BCUT2D eigenvalue weighted by Crippen LogP contribution is -2.48. The molecule has 1 aliphatic rings. The van der Waals surface area contributed by atoms with Crippen molar-refractivity contribution in [2.45, 2.75) is 6.92 Å². The van der Waals surface area contributed by atoms with Crippen LogP contribution in [0.25, 0.3) is 0 Å². The largest absolute Gasteiger partial charge is 0.368 e. The van der Waals surface area contributed by atoms with Crippen LogP contribution in [0.15, 0.2) is 48.5 Å². The smallest absolute Gasteiger partial charge is 0.325 e. The van der Waals surface area contributed by atoms with E-state index in [0.717, 1.165) is 17.0 Å². The van der Waals surface area contributed by atoms with Crippen LogP contribution in [0.2, 0.25) is 5.02 Å². The second-order valence-corrected chi connectivity index (χ2v) is 8.71. The lowest BCUT2D eigenvalue weighted by Gasteiger charge is -2.36. The fraction of sp³-hybridized carbons (Fsp3) is 0.227. The van der Waals surface area contributed by atoms with E-state index in [-0.39, 0.29) is 11.7 Å². The molecule has 7 nitrogen and oxygen atoms in total. The first-order valence-corrected chi connectivity index (χ1v) is 11.2. The van der Waals surface area contributed by atoms with Crippen LogP contribution in [-0.2, 0) is 0 Å². The normalized spacial score (nSPS) is 13.7. The number of benzene rings is 2. The second-order valence-electron chi connectivity index (χ2n) is 7.28. The number of thiazole rings is 1. The summed E-state index contributed by atoms with van der Waals surface area (Å²) in [6, 6.07) is 12.7. The molecular weight excluding hydrogens is 453 g/mol. The first kappa shape index (κ1) is 22.0. The number of aryl methyl sites for hydroxylation is 1. The Hall–Kier alpha value is -3.17. The van der Waals surface area contributed by atoms with E-state index in [2.05, 4.69) is 20.5 Å². The zero-order valence-corrected chi connectivity index (χ0v) is 18.8. The summed E-state index contributed by atoms with van der Waals surface area (Å²) in [6.07, 6.45) is 0. The molecule has 4 rings (SSSR count). The van der Waals surface area contributed by atoms with Gasteiger partial charge in [0.2, 0.25) is 0 Å². The van der Waals surface area contributed by atoms with E-state index in [1.165, 1.54) is 12.1 Å². The van der Waals surface area contributed by atoms with E-state index in [4.69, 9.17) is 11.6 Å². The summed E-state index contributed by atoms with van der Waals surface area (Å²) < 4.78 is 13.1. The first-order valence-electron chi connectivity index (χ1n) is 10.00. The molecule has 32 heavy (non-hydrogen) atoms. The Balaban J connectivity index is 1.35. The molecule has 0 saturated carbocycles. The van der Waals surface area contributed by atoms with Gasteiger partial charge < -0.3 is 15.1 Å². The molecule has 2 heterocycles. The van der Waals surface area contributed by atoms with Gasteiger partial charge in [-0.3, -0.25) is 10.1 Å². The second kappa shape index (κ2) is 9.54. The van der Waals surface area contributed by atoms with Crippen molar-refractivity contribution < 1.29 is 14.0 Å². The van der Waals surface area contributed by atoms with Crippen LogP contribution in [-0.4, -0.2) is 48.0 Å². The van der Waals surface area contributed by atoms with E-state index in [0.29, 0.717) is 52.6 Å². The standard InChI is InChI=1S/C22H21ClFN5O2S/c1-14-19(32-22(25-14)27-21(31)26-17-4-2-3-15(23)13-17)20(30)29-11-9-28(10-12-29)18-7-5-16(24)6-8-18/h2-8,13H,9-12H2,1H3,(H2,25,26,27,31). The minimum atomic E-state index is -0.465. The van der Waals surface area contributed by atoms with Crippen LogP contribution in [0.5, 0.6) is 0 Å². The Labute approximate surface area is 193 Å². The minimum Gasteiger partial charge on any atom is -0.368 e. The van der Waals surface area contributed by atoms with Gasteiger partial charge in [0.1, 0.15) is 10.7 Å². The topological polar surface area (TPSA) is 77.6 Å². The summed E-state index contributed by atoms with van der Waals surface area (Å²) in [4.78, 5) is 34.0. The zero-order valence-electron chi connectivity index (χ0n) is 17.3. The molecule has 3 amide bonds. The summed E-state index contributed by atoms with van der Waals surface area (Å²) in [5, 5.41) is 6.21. The molecule has 1 aromatic heterocycles. The number of amides is 3. The summed E-state index contributed by atoms with van der Waals surface area (Å²) in [5.74, 6) is -0.379. The number of piperazine rings is 1. The molecule has 0 spiro atoms. The van der Waals surface area contributed by atoms with Crippen LogP contribution >= 0.6 is 22.9 Å². The number of rotatable bonds is 4. The van der Waals surface area contributed by atoms with Crippen LogP contribution < -0.4 is 15.5 Å². The monoisotopic (exact) mass is 473 g/mol. The lowest BCUT2D eigenvalue weighted by molar-refractivity contribution is 0.0750. The predicted molar refractivity (Wildman–Crippen MR) is 125 cm³/mol. The van der Waals surface area contributed by atoms with E-state index >= 15 is 0 Å². The number of carbonyl (C=O) groups is 2. The average Bonchev–Trinajstić information content (AvgIpc) is 3.13. The molecule has 1 saturated heterocycles. The highest BCUT2D eigenvalue weighted by molar-refractivity contribution is 7.17. The quantitative estimate of drug-likeness (QED) is 0.567. The molecule has 0 bridgehead atoms. The third kappa shape index (κ3) is 5.17. The molecule has 166 valence electrons. The molecule has 0 unspecified atom stereocenters. The Morgan fingerprint density at radius 1 is 1.06 bits per heavy atom. The molecule has 1 aliphatic heterocycles. The number of anilines is 3. The Kier molecular flexibility index (Phi) is 6.57. The molecule has 3 aromatic rings. The van der Waals surface area contributed by atoms with E-state index in [1.807, 2.05) is 0 Å². The van der Waals surface area contributed by atoms with Crippen molar-refractivity contribution in [1.29, 1.82) is 0 Å². The highest BCUT2D eigenvalue weighted by atomic mass is 35.5. The highest BCUT2D eigenvalue weighted by Gasteiger charge is 2.26. The zero-order chi connectivity index (χ0) is 22.7. The third-order valence-electron chi connectivity index (χ3n) is 5.05. The van der Waals surface area contributed by atoms with Crippen molar-refractivity contribution in [2.24, 2.45) is 0 Å². The van der Waals surface area contributed by atoms with Gasteiger partial charge in [0.15, 0.2) is 5.13 Å². The van der Waals surface area contributed by atoms with E-state index < -0.39 is 6.03 Å². The van der Waals surface area contributed by atoms with Gasteiger partial charge in [0, 0.05) is 42.6 Å². The fourth-order valence-corrected chi connectivity index (χ4v) is 4.56. The number of carbonyl (C=O) groups excluding carboxylic acids is 2.